The van der Waals surface area contributed by atoms with Crippen LogP contribution in [0.3, 0.4) is 0 Å². The zero-order valence-electron chi connectivity index (χ0n) is 21.4. The fourth-order valence-corrected chi connectivity index (χ4v) is 5.60. The summed E-state index contributed by atoms with van der Waals surface area (Å²) in [7, 11) is 1.98. The first kappa shape index (κ1) is 25.7. The Kier molecular flexibility index (Phi) is 8.11. The number of aryl methyl sites for hydroxylation is 1. The Morgan fingerprint density at radius 2 is 1.89 bits per heavy atom. The molecule has 1 unspecified atom stereocenters. The molecule has 2 amide bonds. The van der Waals surface area contributed by atoms with Crippen LogP contribution < -0.4 is 10.6 Å². The van der Waals surface area contributed by atoms with Crippen molar-refractivity contribution in [3.05, 3.63) is 63.9 Å². The monoisotopic (exact) mass is 522 g/mol. The van der Waals surface area contributed by atoms with Gasteiger partial charge in [0.1, 0.15) is 11.9 Å². The van der Waals surface area contributed by atoms with E-state index >= 15 is 0 Å². The smallest absolute Gasteiger partial charge is 0.251 e. The molecule has 2 aliphatic rings. The SMILES string of the molecule is Cn1c(Cc2cc(CNC(=O)C3CCCO3)ccc2Cl)nc2cc(C(=O)NCC3CCCCC3)ccc21. The van der Waals surface area contributed by atoms with Gasteiger partial charge < -0.3 is 19.9 Å². The molecule has 1 aliphatic heterocycles. The zero-order chi connectivity index (χ0) is 25.8. The number of aromatic nitrogens is 2. The number of fused-ring (bicyclic) bond motifs is 1. The minimum Gasteiger partial charge on any atom is -0.368 e. The predicted molar refractivity (Wildman–Crippen MR) is 145 cm³/mol. The average Bonchev–Trinajstić information content (AvgIpc) is 3.56. The van der Waals surface area contributed by atoms with E-state index in [4.69, 9.17) is 21.3 Å². The molecule has 1 saturated carbocycles. The molecule has 37 heavy (non-hydrogen) atoms. The van der Waals surface area contributed by atoms with Gasteiger partial charge in [-0.1, -0.05) is 43.0 Å². The number of ether oxygens (including phenoxy) is 1. The number of hydrogen-bond acceptors (Lipinski definition) is 4. The number of hydrogen-bond donors (Lipinski definition) is 2. The topological polar surface area (TPSA) is 85.2 Å². The minimum atomic E-state index is -0.342. The standard InChI is InChI=1S/C29H35ClN4O3/c1-34-25-12-10-21(28(35)31-17-19-6-3-2-4-7-19)15-24(25)33-27(34)16-22-14-20(9-11-23(22)30)18-32-29(36)26-8-5-13-37-26/h9-12,14-15,19,26H,2-8,13,16-18H2,1H3,(H,31,35)(H,32,36). The lowest BCUT2D eigenvalue weighted by Gasteiger charge is -2.21. The molecule has 1 aromatic heterocycles. The van der Waals surface area contributed by atoms with Crippen molar-refractivity contribution in [1.82, 2.24) is 20.2 Å². The summed E-state index contributed by atoms with van der Waals surface area (Å²) in [5.74, 6) is 1.34. The Morgan fingerprint density at radius 1 is 1.05 bits per heavy atom. The quantitative estimate of drug-likeness (QED) is 0.439. The molecule has 1 saturated heterocycles. The molecule has 2 fully saturated rings. The van der Waals surface area contributed by atoms with Crippen molar-refractivity contribution < 1.29 is 14.3 Å². The van der Waals surface area contributed by atoms with Crippen LogP contribution in [0.2, 0.25) is 5.02 Å². The molecular formula is C29H35ClN4O3. The summed E-state index contributed by atoms with van der Waals surface area (Å²) in [6.45, 7) is 1.81. The number of benzene rings is 2. The van der Waals surface area contributed by atoms with E-state index in [-0.39, 0.29) is 17.9 Å². The number of carbonyl (C=O) groups excluding carboxylic acids is 2. The van der Waals surface area contributed by atoms with Crippen LogP contribution in [0.1, 0.15) is 72.3 Å². The van der Waals surface area contributed by atoms with Crippen molar-refractivity contribution in [3.8, 4) is 0 Å². The third kappa shape index (κ3) is 6.16. The first-order valence-electron chi connectivity index (χ1n) is 13.4. The summed E-state index contributed by atoms with van der Waals surface area (Å²) < 4.78 is 7.51. The molecule has 2 heterocycles. The van der Waals surface area contributed by atoms with Crippen LogP contribution >= 0.6 is 11.6 Å². The number of rotatable bonds is 8. The van der Waals surface area contributed by atoms with E-state index in [0.717, 1.165) is 47.4 Å². The number of imidazole rings is 1. The molecule has 3 aromatic rings. The Bertz CT molecular complexity index is 1280. The van der Waals surface area contributed by atoms with Crippen LogP contribution in [-0.2, 0) is 29.5 Å². The van der Waals surface area contributed by atoms with Gasteiger partial charge in [0.05, 0.1) is 11.0 Å². The number of amides is 2. The third-order valence-corrected chi connectivity index (χ3v) is 8.03. The van der Waals surface area contributed by atoms with E-state index < -0.39 is 0 Å². The number of halogens is 1. The highest BCUT2D eigenvalue weighted by Gasteiger charge is 2.23. The lowest BCUT2D eigenvalue weighted by molar-refractivity contribution is -0.130. The highest BCUT2D eigenvalue weighted by molar-refractivity contribution is 6.31. The molecule has 8 heteroatoms. The first-order valence-corrected chi connectivity index (χ1v) is 13.8. The first-order chi connectivity index (χ1) is 18.0. The van der Waals surface area contributed by atoms with Gasteiger partial charge in [0, 0.05) is 43.8 Å². The summed E-state index contributed by atoms with van der Waals surface area (Å²) in [6, 6.07) is 11.5. The Morgan fingerprint density at radius 3 is 2.68 bits per heavy atom. The summed E-state index contributed by atoms with van der Waals surface area (Å²) in [4.78, 5) is 29.9. The van der Waals surface area contributed by atoms with Gasteiger partial charge in [-0.15, -0.1) is 0 Å². The van der Waals surface area contributed by atoms with E-state index in [2.05, 4.69) is 10.6 Å². The van der Waals surface area contributed by atoms with Crippen molar-refractivity contribution >= 4 is 34.4 Å². The van der Waals surface area contributed by atoms with Gasteiger partial charge in [-0.2, -0.15) is 0 Å². The molecule has 1 aliphatic carbocycles. The van der Waals surface area contributed by atoms with Crippen molar-refractivity contribution in [2.45, 2.75) is 64.0 Å². The molecule has 0 bridgehead atoms. The van der Waals surface area contributed by atoms with Crippen molar-refractivity contribution in [1.29, 1.82) is 0 Å². The van der Waals surface area contributed by atoms with Crippen molar-refractivity contribution in [2.75, 3.05) is 13.2 Å². The van der Waals surface area contributed by atoms with Crippen LogP contribution in [0.4, 0.5) is 0 Å². The Balaban J connectivity index is 1.26. The average molecular weight is 523 g/mol. The van der Waals surface area contributed by atoms with Gasteiger partial charge in [-0.3, -0.25) is 9.59 Å². The third-order valence-electron chi connectivity index (χ3n) is 7.66. The van der Waals surface area contributed by atoms with Gasteiger partial charge in [0.2, 0.25) is 5.91 Å². The van der Waals surface area contributed by atoms with Crippen LogP contribution in [0.15, 0.2) is 36.4 Å². The van der Waals surface area contributed by atoms with E-state index in [1.165, 1.54) is 32.1 Å². The fourth-order valence-electron chi connectivity index (χ4n) is 5.41. The van der Waals surface area contributed by atoms with Crippen molar-refractivity contribution in [2.24, 2.45) is 13.0 Å². The summed E-state index contributed by atoms with van der Waals surface area (Å²) in [5.41, 5.74) is 4.31. The number of nitrogens with one attached hydrogen (secondary N) is 2. The second kappa shape index (κ2) is 11.7. The zero-order valence-corrected chi connectivity index (χ0v) is 22.2. The summed E-state index contributed by atoms with van der Waals surface area (Å²) in [5, 5.41) is 6.74. The van der Waals surface area contributed by atoms with Crippen LogP contribution in [-0.4, -0.2) is 40.6 Å². The molecule has 0 spiro atoms. The highest BCUT2D eigenvalue weighted by Crippen LogP contribution is 2.25. The number of nitrogens with zero attached hydrogens (tertiary/aromatic N) is 2. The maximum absolute atomic E-state index is 12.8. The Hall–Kier alpha value is -2.90. The summed E-state index contributed by atoms with van der Waals surface area (Å²) in [6.07, 6.45) is 8.14. The van der Waals surface area contributed by atoms with E-state index in [1.54, 1.807) is 0 Å². The fraction of sp³-hybridized carbons (Fsp3) is 0.483. The predicted octanol–water partition coefficient (Wildman–Crippen LogP) is 4.92. The molecule has 196 valence electrons. The molecule has 2 aromatic carbocycles. The van der Waals surface area contributed by atoms with Crippen molar-refractivity contribution in [3.63, 3.8) is 0 Å². The normalized spacial score (nSPS) is 18.3. The highest BCUT2D eigenvalue weighted by atomic mass is 35.5. The maximum Gasteiger partial charge on any atom is 0.251 e. The molecule has 7 nitrogen and oxygen atoms in total. The minimum absolute atomic E-state index is 0.0412. The van der Waals surface area contributed by atoms with Gasteiger partial charge in [-0.25, -0.2) is 4.98 Å². The van der Waals surface area contributed by atoms with E-state index in [0.29, 0.717) is 36.1 Å². The molecular weight excluding hydrogens is 488 g/mol. The number of carbonyl (C=O) groups is 2. The largest absolute Gasteiger partial charge is 0.368 e. The second-order valence-corrected chi connectivity index (χ2v) is 10.7. The van der Waals surface area contributed by atoms with Crippen LogP contribution in [0.25, 0.3) is 11.0 Å². The second-order valence-electron chi connectivity index (χ2n) is 10.3. The Labute approximate surface area is 222 Å². The van der Waals surface area contributed by atoms with Gasteiger partial charge in [0.15, 0.2) is 0 Å². The molecule has 0 radical (unpaired) electrons. The molecule has 2 N–H and O–H groups in total. The lowest BCUT2D eigenvalue weighted by Crippen LogP contribution is -2.33. The van der Waals surface area contributed by atoms with Gasteiger partial charge >= 0.3 is 0 Å². The maximum atomic E-state index is 12.8. The van der Waals surface area contributed by atoms with Crippen LogP contribution in [0.5, 0.6) is 0 Å². The molecule has 1 atom stereocenters. The van der Waals surface area contributed by atoms with Gasteiger partial charge in [-0.05, 0) is 67.0 Å². The molecule has 5 rings (SSSR count). The van der Waals surface area contributed by atoms with E-state index in [1.807, 2.05) is 48.0 Å². The van der Waals surface area contributed by atoms with Crippen LogP contribution in [0, 0.1) is 5.92 Å². The van der Waals surface area contributed by atoms with E-state index in [9.17, 15) is 9.59 Å². The summed E-state index contributed by atoms with van der Waals surface area (Å²) >= 11 is 6.53. The lowest BCUT2D eigenvalue weighted by atomic mass is 9.89. The van der Waals surface area contributed by atoms with Gasteiger partial charge in [0.25, 0.3) is 5.91 Å².